The number of hydrogen-bond donors (Lipinski definition) is 0. The van der Waals surface area contributed by atoms with Crippen LogP contribution in [-0.4, -0.2) is 23.9 Å². The highest BCUT2D eigenvalue weighted by molar-refractivity contribution is 5.94. The summed E-state index contributed by atoms with van der Waals surface area (Å²) >= 11 is 0. The molecule has 0 radical (unpaired) electrons. The maximum Gasteiger partial charge on any atom is 0.256 e. The molecular weight excluding hydrogens is 253 g/mol. The van der Waals surface area contributed by atoms with Gasteiger partial charge in [-0.1, -0.05) is 51.2 Å². The summed E-state index contributed by atoms with van der Waals surface area (Å²) in [6, 6.07) is 6.21. The lowest BCUT2D eigenvalue weighted by atomic mass is 10.1. The standard InChI is InChI=1S/C17H26FNO/c1-3-5-6-7-8-11-14-19(4-2)17(20)15-12-9-10-13-16(15)18/h9-10,12-13H,3-8,11,14H2,1-2H3. The van der Waals surface area contributed by atoms with Crippen LogP contribution in [0, 0.1) is 5.82 Å². The molecule has 0 aliphatic carbocycles. The molecule has 0 aromatic heterocycles. The third kappa shape index (κ3) is 5.32. The molecule has 112 valence electrons. The van der Waals surface area contributed by atoms with E-state index in [4.69, 9.17) is 0 Å². The fourth-order valence-electron chi connectivity index (χ4n) is 2.29. The van der Waals surface area contributed by atoms with Crippen LogP contribution in [0.15, 0.2) is 24.3 Å². The molecule has 0 unspecified atom stereocenters. The minimum atomic E-state index is -0.432. The van der Waals surface area contributed by atoms with Crippen LogP contribution < -0.4 is 0 Å². The first kappa shape index (κ1) is 16.7. The molecule has 3 heteroatoms. The van der Waals surface area contributed by atoms with E-state index in [1.807, 2.05) is 6.92 Å². The van der Waals surface area contributed by atoms with Crippen LogP contribution in [0.2, 0.25) is 0 Å². The van der Waals surface area contributed by atoms with Gasteiger partial charge in [0.1, 0.15) is 5.82 Å². The third-order valence-electron chi connectivity index (χ3n) is 3.55. The van der Waals surface area contributed by atoms with E-state index in [1.54, 1.807) is 23.1 Å². The van der Waals surface area contributed by atoms with Crippen LogP contribution in [0.25, 0.3) is 0 Å². The summed E-state index contributed by atoms with van der Waals surface area (Å²) in [5.74, 6) is -0.627. The van der Waals surface area contributed by atoms with E-state index in [0.29, 0.717) is 6.54 Å². The van der Waals surface area contributed by atoms with Gasteiger partial charge < -0.3 is 4.90 Å². The summed E-state index contributed by atoms with van der Waals surface area (Å²) in [5, 5.41) is 0. The molecule has 20 heavy (non-hydrogen) atoms. The molecule has 0 bridgehead atoms. The van der Waals surface area contributed by atoms with Crippen molar-refractivity contribution in [1.29, 1.82) is 0 Å². The molecule has 0 N–H and O–H groups in total. The Morgan fingerprint density at radius 1 is 1.05 bits per heavy atom. The summed E-state index contributed by atoms with van der Waals surface area (Å²) in [6.07, 6.45) is 7.15. The Bertz CT molecular complexity index is 406. The number of carbonyl (C=O) groups excluding carboxylic acids is 1. The maximum absolute atomic E-state index is 13.6. The zero-order chi connectivity index (χ0) is 14.8. The van der Waals surface area contributed by atoms with Crippen molar-refractivity contribution < 1.29 is 9.18 Å². The van der Waals surface area contributed by atoms with E-state index in [0.717, 1.165) is 19.4 Å². The molecule has 0 aliphatic rings. The van der Waals surface area contributed by atoms with E-state index in [-0.39, 0.29) is 11.5 Å². The number of benzene rings is 1. The number of rotatable bonds is 9. The Morgan fingerprint density at radius 2 is 1.70 bits per heavy atom. The van der Waals surface area contributed by atoms with Gasteiger partial charge in [-0.2, -0.15) is 0 Å². The Balaban J connectivity index is 2.42. The highest BCUT2D eigenvalue weighted by Crippen LogP contribution is 2.12. The number of carbonyl (C=O) groups is 1. The first-order valence-electron chi connectivity index (χ1n) is 7.74. The fourth-order valence-corrected chi connectivity index (χ4v) is 2.29. The van der Waals surface area contributed by atoms with E-state index in [9.17, 15) is 9.18 Å². The van der Waals surface area contributed by atoms with Crippen LogP contribution >= 0.6 is 0 Å². The molecule has 0 aliphatic heterocycles. The zero-order valence-corrected chi connectivity index (χ0v) is 12.7. The van der Waals surface area contributed by atoms with E-state index in [2.05, 4.69) is 6.92 Å². The largest absolute Gasteiger partial charge is 0.339 e. The summed E-state index contributed by atoms with van der Waals surface area (Å²) < 4.78 is 13.6. The third-order valence-corrected chi connectivity index (χ3v) is 3.55. The second-order valence-corrected chi connectivity index (χ2v) is 5.13. The van der Waals surface area contributed by atoms with Crippen molar-refractivity contribution in [2.45, 2.75) is 52.4 Å². The van der Waals surface area contributed by atoms with Gasteiger partial charge in [0, 0.05) is 13.1 Å². The van der Waals surface area contributed by atoms with Gasteiger partial charge in [0.25, 0.3) is 5.91 Å². The van der Waals surface area contributed by atoms with Gasteiger partial charge >= 0.3 is 0 Å². The topological polar surface area (TPSA) is 20.3 Å². The SMILES string of the molecule is CCCCCCCCN(CC)C(=O)c1ccccc1F. The number of nitrogens with zero attached hydrogens (tertiary/aromatic N) is 1. The summed E-state index contributed by atoms with van der Waals surface area (Å²) in [7, 11) is 0. The predicted molar refractivity (Wildman–Crippen MR) is 81.4 cm³/mol. The lowest BCUT2D eigenvalue weighted by Gasteiger charge is -2.21. The minimum Gasteiger partial charge on any atom is -0.339 e. The van der Waals surface area contributed by atoms with Crippen molar-refractivity contribution in [2.75, 3.05) is 13.1 Å². The first-order valence-corrected chi connectivity index (χ1v) is 7.74. The molecule has 1 aromatic carbocycles. The smallest absolute Gasteiger partial charge is 0.256 e. The van der Waals surface area contributed by atoms with Crippen LogP contribution in [0.4, 0.5) is 4.39 Å². The van der Waals surface area contributed by atoms with Crippen molar-refractivity contribution >= 4 is 5.91 Å². The lowest BCUT2D eigenvalue weighted by molar-refractivity contribution is 0.0756. The van der Waals surface area contributed by atoms with E-state index in [1.165, 1.54) is 31.7 Å². The molecule has 0 atom stereocenters. The Morgan fingerprint density at radius 3 is 2.35 bits per heavy atom. The van der Waals surface area contributed by atoms with Crippen LogP contribution in [-0.2, 0) is 0 Å². The molecule has 0 fully saturated rings. The molecule has 0 spiro atoms. The van der Waals surface area contributed by atoms with Gasteiger partial charge in [-0.15, -0.1) is 0 Å². The van der Waals surface area contributed by atoms with Gasteiger partial charge in [0.2, 0.25) is 0 Å². The van der Waals surface area contributed by atoms with Gasteiger partial charge in [0.05, 0.1) is 5.56 Å². The highest BCUT2D eigenvalue weighted by Gasteiger charge is 2.16. The maximum atomic E-state index is 13.6. The van der Waals surface area contributed by atoms with Gasteiger partial charge in [-0.25, -0.2) is 4.39 Å². The number of unbranched alkanes of at least 4 members (excludes halogenated alkanes) is 5. The molecule has 1 amide bonds. The van der Waals surface area contributed by atoms with Crippen molar-refractivity contribution in [1.82, 2.24) is 4.90 Å². The van der Waals surface area contributed by atoms with Crippen LogP contribution in [0.5, 0.6) is 0 Å². The molecule has 1 aromatic rings. The van der Waals surface area contributed by atoms with Crippen LogP contribution in [0.3, 0.4) is 0 Å². The summed E-state index contributed by atoms with van der Waals surface area (Å²) in [4.78, 5) is 14.0. The zero-order valence-electron chi connectivity index (χ0n) is 12.7. The number of amides is 1. The van der Waals surface area contributed by atoms with E-state index < -0.39 is 5.82 Å². The molecule has 0 saturated heterocycles. The fraction of sp³-hybridized carbons (Fsp3) is 0.588. The molecule has 2 nitrogen and oxygen atoms in total. The van der Waals surface area contributed by atoms with E-state index >= 15 is 0 Å². The average molecular weight is 279 g/mol. The second kappa shape index (κ2) is 9.51. The van der Waals surface area contributed by atoms with Gasteiger partial charge in [-0.05, 0) is 25.5 Å². The van der Waals surface area contributed by atoms with Gasteiger partial charge in [-0.3, -0.25) is 4.79 Å². The van der Waals surface area contributed by atoms with Crippen molar-refractivity contribution in [2.24, 2.45) is 0 Å². The summed E-state index contributed by atoms with van der Waals surface area (Å²) in [6.45, 7) is 5.49. The molecular formula is C17H26FNO. The minimum absolute atomic E-state index is 0.181. The molecule has 0 heterocycles. The monoisotopic (exact) mass is 279 g/mol. The second-order valence-electron chi connectivity index (χ2n) is 5.13. The van der Waals surface area contributed by atoms with Crippen molar-refractivity contribution in [3.8, 4) is 0 Å². The predicted octanol–water partition coefficient (Wildman–Crippen LogP) is 4.65. The Labute approximate surface area is 122 Å². The Kier molecular flexibility index (Phi) is 7.93. The first-order chi connectivity index (χ1) is 9.70. The number of halogens is 1. The number of hydrogen-bond acceptors (Lipinski definition) is 1. The summed E-state index contributed by atoms with van der Waals surface area (Å²) in [5.41, 5.74) is 0.181. The highest BCUT2D eigenvalue weighted by atomic mass is 19.1. The lowest BCUT2D eigenvalue weighted by Crippen LogP contribution is -2.32. The normalized spacial score (nSPS) is 10.6. The van der Waals surface area contributed by atoms with Crippen molar-refractivity contribution in [3.05, 3.63) is 35.6 Å². The average Bonchev–Trinajstić information content (AvgIpc) is 2.46. The molecule has 1 rings (SSSR count). The van der Waals surface area contributed by atoms with Crippen molar-refractivity contribution in [3.63, 3.8) is 0 Å². The molecule has 0 saturated carbocycles. The van der Waals surface area contributed by atoms with Gasteiger partial charge in [0.15, 0.2) is 0 Å². The quantitative estimate of drug-likeness (QED) is 0.603. The van der Waals surface area contributed by atoms with Crippen LogP contribution in [0.1, 0.15) is 62.7 Å². The Hall–Kier alpha value is -1.38.